The summed E-state index contributed by atoms with van der Waals surface area (Å²) >= 11 is 1.47. The topological polar surface area (TPSA) is 77.6 Å². The molecule has 5 nitrogen and oxygen atoms in total. The Morgan fingerprint density at radius 2 is 1.89 bits per heavy atom. The molecular formula is C13H11N5S. The summed E-state index contributed by atoms with van der Waals surface area (Å²) in [5.74, 6) is 0. The molecule has 0 amide bonds. The molecule has 6 heteroatoms. The van der Waals surface area contributed by atoms with Crippen molar-refractivity contribution in [3.8, 4) is 0 Å². The summed E-state index contributed by atoms with van der Waals surface area (Å²) in [5, 5.41) is 2.68. The van der Waals surface area contributed by atoms with Gasteiger partial charge in [0, 0.05) is 11.9 Å². The number of hydrogen-bond acceptors (Lipinski definition) is 6. The lowest BCUT2D eigenvalue weighted by Crippen LogP contribution is -2.00. The zero-order chi connectivity index (χ0) is 13.1. The second-order valence-corrected chi connectivity index (χ2v) is 4.86. The first-order chi connectivity index (χ1) is 9.36. The average Bonchev–Trinajstić information content (AvgIpc) is 2.48. The summed E-state index contributed by atoms with van der Waals surface area (Å²) in [6.07, 6.45) is 4.96. The van der Waals surface area contributed by atoms with Crippen LogP contribution in [0.1, 0.15) is 5.69 Å². The van der Waals surface area contributed by atoms with Gasteiger partial charge in [0.1, 0.15) is 16.4 Å². The molecule has 19 heavy (non-hydrogen) atoms. The van der Waals surface area contributed by atoms with Crippen LogP contribution in [0.5, 0.6) is 0 Å². The molecule has 3 aromatic rings. The van der Waals surface area contributed by atoms with E-state index in [9.17, 15) is 0 Å². The molecule has 0 saturated carbocycles. The molecule has 94 valence electrons. The summed E-state index contributed by atoms with van der Waals surface area (Å²) in [4.78, 5) is 17.1. The third kappa shape index (κ3) is 2.54. The molecule has 1 aromatic carbocycles. The molecule has 2 heterocycles. The van der Waals surface area contributed by atoms with Gasteiger partial charge < -0.3 is 5.73 Å². The third-order valence-corrected chi connectivity index (χ3v) is 3.54. The van der Waals surface area contributed by atoms with Gasteiger partial charge >= 0.3 is 0 Å². The van der Waals surface area contributed by atoms with Gasteiger partial charge in [0.15, 0.2) is 0 Å². The highest BCUT2D eigenvalue weighted by atomic mass is 32.2. The van der Waals surface area contributed by atoms with Gasteiger partial charge in [0.05, 0.1) is 23.6 Å². The maximum atomic E-state index is 5.50. The first-order valence-corrected chi connectivity index (χ1v) is 6.57. The van der Waals surface area contributed by atoms with E-state index in [0.717, 1.165) is 26.6 Å². The highest BCUT2D eigenvalue weighted by Gasteiger charge is 2.06. The van der Waals surface area contributed by atoms with E-state index in [-0.39, 0.29) is 0 Å². The van der Waals surface area contributed by atoms with Crippen molar-refractivity contribution in [2.75, 3.05) is 0 Å². The monoisotopic (exact) mass is 269 g/mol. The molecule has 0 saturated heterocycles. The Hall–Kier alpha value is -2.05. The van der Waals surface area contributed by atoms with Gasteiger partial charge in [0.25, 0.3) is 0 Å². The van der Waals surface area contributed by atoms with E-state index in [0.29, 0.717) is 6.54 Å². The molecule has 0 radical (unpaired) electrons. The smallest absolute Gasteiger partial charge is 0.121 e. The Kier molecular flexibility index (Phi) is 3.35. The van der Waals surface area contributed by atoms with Gasteiger partial charge in [-0.2, -0.15) is 0 Å². The molecule has 0 bridgehead atoms. The van der Waals surface area contributed by atoms with E-state index in [1.54, 1.807) is 18.7 Å². The second kappa shape index (κ2) is 5.29. The fraction of sp³-hybridized carbons (Fsp3) is 0.0769. The van der Waals surface area contributed by atoms with Crippen LogP contribution in [0.4, 0.5) is 0 Å². The van der Waals surface area contributed by atoms with Crippen LogP contribution in [0.2, 0.25) is 0 Å². The van der Waals surface area contributed by atoms with Crippen LogP contribution in [0.3, 0.4) is 0 Å². The lowest BCUT2D eigenvalue weighted by molar-refractivity contribution is 0.922. The molecule has 2 aromatic heterocycles. The maximum Gasteiger partial charge on any atom is 0.121 e. The van der Waals surface area contributed by atoms with Crippen molar-refractivity contribution in [1.82, 2.24) is 19.9 Å². The quantitative estimate of drug-likeness (QED) is 0.733. The Balaban J connectivity index is 1.96. The van der Waals surface area contributed by atoms with Crippen LogP contribution < -0.4 is 5.73 Å². The zero-order valence-corrected chi connectivity index (χ0v) is 10.8. The van der Waals surface area contributed by atoms with E-state index in [1.165, 1.54) is 11.8 Å². The summed E-state index contributed by atoms with van der Waals surface area (Å²) < 4.78 is 0. The Morgan fingerprint density at radius 3 is 2.68 bits per heavy atom. The molecule has 0 spiro atoms. The van der Waals surface area contributed by atoms with Crippen LogP contribution in [0.25, 0.3) is 10.9 Å². The standard InChI is InChI=1S/C13H11N5S/c14-5-9-6-16-12(7-15-9)19-13-10-3-1-2-4-11(10)17-8-18-13/h1-4,6-8H,5,14H2. The summed E-state index contributed by atoms with van der Waals surface area (Å²) in [6.45, 7) is 0.397. The van der Waals surface area contributed by atoms with E-state index in [1.807, 2.05) is 24.3 Å². The summed E-state index contributed by atoms with van der Waals surface area (Å²) in [7, 11) is 0. The van der Waals surface area contributed by atoms with Crippen molar-refractivity contribution in [3.63, 3.8) is 0 Å². The highest BCUT2D eigenvalue weighted by molar-refractivity contribution is 7.99. The second-order valence-electron chi connectivity index (χ2n) is 3.85. The minimum atomic E-state index is 0.397. The molecule has 0 unspecified atom stereocenters. The SMILES string of the molecule is NCc1cnc(Sc2ncnc3ccccc23)cn1. The maximum absolute atomic E-state index is 5.50. The normalized spacial score (nSPS) is 10.8. The fourth-order valence-corrected chi connectivity index (χ4v) is 2.45. The van der Waals surface area contributed by atoms with Gasteiger partial charge in [0.2, 0.25) is 0 Å². The Bertz CT molecular complexity index is 693. The number of rotatable bonds is 3. The van der Waals surface area contributed by atoms with Crippen molar-refractivity contribution >= 4 is 22.7 Å². The average molecular weight is 269 g/mol. The molecule has 0 fully saturated rings. The molecule has 0 atom stereocenters. The number of aromatic nitrogens is 4. The first-order valence-electron chi connectivity index (χ1n) is 5.75. The summed E-state index contributed by atoms with van der Waals surface area (Å²) in [6, 6.07) is 7.89. The van der Waals surface area contributed by atoms with Crippen molar-refractivity contribution in [1.29, 1.82) is 0 Å². The van der Waals surface area contributed by atoms with Crippen LogP contribution >= 0.6 is 11.8 Å². The van der Waals surface area contributed by atoms with E-state index in [4.69, 9.17) is 5.73 Å². The molecule has 0 aliphatic carbocycles. The number of hydrogen-bond donors (Lipinski definition) is 1. The molecule has 3 rings (SSSR count). The van der Waals surface area contributed by atoms with E-state index in [2.05, 4.69) is 19.9 Å². The van der Waals surface area contributed by atoms with Crippen LogP contribution in [0.15, 0.2) is 53.0 Å². The number of benzene rings is 1. The first kappa shape index (κ1) is 12.0. The van der Waals surface area contributed by atoms with Crippen LogP contribution in [0, 0.1) is 0 Å². The van der Waals surface area contributed by atoms with E-state index >= 15 is 0 Å². The third-order valence-electron chi connectivity index (χ3n) is 2.60. The minimum absolute atomic E-state index is 0.397. The van der Waals surface area contributed by atoms with Gasteiger partial charge in [-0.1, -0.05) is 18.2 Å². The van der Waals surface area contributed by atoms with E-state index < -0.39 is 0 Å². The number of fused-ring (bicyclic) bond motifs is 1. The lowest BCUT2D eigenvalue weighted by atomic mass is 10.2. The molecule has 2 N–H and O–H groups in total. The largest absolute Gasteiger partial charge is 0.325 e. The van der Waals surface area contributed by atoms with Crippen molar-refractivity contribution in [3.05, 3.63) is 48.7 Å². The number of nitrogens with zero attached hydrogens (tertiary/aromatic N) is 4. The minimum Gasteiger partial charge on any atom is -0.325 e. The molecule has 0 aliphatic heterocycles. The van der Waals surface area contributed by atoms with Gasteiger partial charge in [-0.3, -0.25) is 4.98 Å². The van der Waals surface area contributed by atoms with Crippen molar-refractivity contribution < 1.29 is 0 Å². The van der Waals surface area contributed by atoms with Gasteiger partial charge in [-0.25, -0.2) is 15.0 Å². The van der Waals surface area contributed by atoms with Crippen LogP contribution in [-0.4, -0.2) is 19.9 Å². The van der Waals surface area contributed by atoms with Crippen LogP contribution in [-0.2, 0) is 6.54 Å². The lowest BCUT2D eigenvalue weighted by Gasteiger charge is -2.04. The number of nitrogens with two attached hydrogens (primary N) is 1. The Labute approximate surface area is 114 Å². The molecule has 0 aliphatic rings. The van der Waals surface area contributed by atoms with Crippen molar-refractivity contribution in [2.24, 2.45) is 5.73 Å². The Morgan fingerprint density at radius 1 is 1.00 bits per heavy atom. The van der Waals surface area contributed by atoms with Crippen molar-refractivity contribution in [2.45, 2.75) is 16.6 Å². The zero-order valence-electron chi connectivity index (χ0n) is 10.0. The fourth-order valence-electron chi connectivity index (χ4n) is 1.66. The van der Waals surface area contributed by atoms with Gasteiger partial charge in [-0.15, -0.1) is 0 Å². The molecular weight excluding hydrogens is 258 g/mol. The summed E-state index contributed by atoms with van der Waals surface area (Å²) in [5.41, 5.74) is 7.19. The number of para-hydroxylation sites is 1. The predicted octanol–water partition coefficient (Wildman–Crippen LogP) is 2.03. The van der Waals surface area contributed by atoms with Gasteiger partial charge in [-0.05, 0) is 17.8 Å². The predicted molar refractivity (Wildman–Crippen MR) is 73.6 cm³/mol. The highest BCUT2D eigenvalue weighted by Crippen LogP contribution is 2.28.